The molecule has 1 amide bonds. The largest absolute Gasteiger partial charge is 0.422 e. The summed E-state index contributed by atoms with van der Waals surface area (Å²) in [4.78, 5) is 26.6. The summed E-state index contributed by atoms with van der Waals surface area (Å²) in [5.41, 5.74) is 0.586. The minimum Gasteiger partial charge on any atom is -0.422 e. The van der Waals surface area contributed by atoms with Crippen LogP contribution < -0.4 is 10.1 Å². The number of hydrogen-bond donors (Lipinski definition) is 2. The smallest absolute Gasteiger partial charge is 0.360 e. The van der Waals surface area contributed by atoms with Gasteiger partial charge in [0, 0.05) is 11.6 Å². The van der Waals surface area contributed by atoms with Crippen LogP contribution in [0.3, 0.4) is 0 Å². The van der Waals surface area contributed by atoms with E-state index in [-0.39, 0.29) is 33.6 Å². The van der Waals surface area contributed by atoms with Gasteiger partial charge < -0.3 is 15.0 Å². The molecule has 3 rings (SSSR count). The number of halogens is 2. The van der Waals surface area contributed by atoms with E-state index in [1.165, 1.54) is 12.1 Å². The summed E-state index contributed by atoms with van der Waals surface area (Å²) in [7, 11) is 0. The van der Waals surface area contributed by atoms with Crippen LogP contribution in [0.5, 0.6) is 5.75 Å². The maximum Gasteiger partial charge on any atom is 0.360 e. The minimum absolute atomic E-state index is 0.142. The van der Waals surface area contributed by atoms with E-state index < -0.39 is 5.97 Å². The van der Waals surface area contributed by atoms with E-state index in [9.17, 15) is 9.59 Å². The van der Waals surface area contributed by atoms with Gasteiger partial charge in [-0.05, 0) is 37.1 Å². The highest BCUT2D eigenvalue weighted by atomic mass is 35.5. The molecule has 22 heavy (non-hydrogen) atoms. The Labute approximate surface area is 136 Å². The second-order valence-electron chi connectivity index (χ2n) is 5.01. The van der Waals surface area contributed by atoms with Crippen molar-refractivity contribution in [1.29, 1.82) is 0 Å². The predicted octanol–water partition coefficient (Wildman–Crippen LogP) is 3.43. The minimum atomic E-state index is -0.631. The van der Waals surface area contributed by atoms with Crippen LogP contribution in [-0.2, 0) is 0 Å². The third-order valence-electron chi connectivity index (χ3n) is 3.16. The molecule has 2 N–H and O–H groups in total. The van der Waals surface area contributed by atoms with Gasteiger partial charge in [0.2, 0.25) is 0 Å². The van der Waals surface area contributed by atoms with Crippen molar-refractivity contribution >= 4 is 35.1 Å². The first kappa shape index (κ1) is 14.9. The summed E-state index contributed by atoms with van der Waals surface area (Å²) in [6.45, 7) is 0. The van der Waals surface area contributed by atoms with E-state index in [1.54, 1.807) is 18.2 Å². The number of amides is 1. The Morgan fingerprint density at radius 3 is 2.64 bits per heavy atom. The number of rotatable bonds is 4. The molecule has 1 heterocycles. The molecule has 1 aromatic heterocycles. The second kappa shape index (κ2) is 6.02. The van der Waals surface area contributed by atoms with Crippen LogP contribution in [-0.4, -0.2) is 22.9 Å². The summed E-state index contributed by atoms with van der Waals surface area (Å²) in [6, 6.07) is 8.08. The first-order valence-electron chi connectivity index (χ1n) is 6.70. The van der Waals surface area contributed by atoms with Crippen LogP contribution in [0.2, 0.25) is 10.2 Å². The molecule has 1 aliphatic rings. The van der Waals surface area contributed by atoms with Crippen LogP contribution in [0.1, 0.15) is 33.7 Å². The summed E-state index contributed by atoms with van der Waals surface area (Å²) >= 11 is 11.5. The molecule has 2 aromatic rings. The van der Waals surface area contributed by atoms with Crippen molar-refractivity contribution in [2.45, 2.75) is 18.9 Å². The van der Waals surface area contributed by atoms with Crippen molar-refractivity contribution in [2.75, 3.05) is 0 Å². The van der Waals surface area contributed by atoms with Crippen molar-refractivity contribution < 1.29 is 14.3 Å². The van der Waals surface area contributed by atoms with E-state index in [0.29, 0.717) is 5.56 Å². The summed E-state index contributed by atoms with van der Waals surface area (Å²) in [5.74, 6) is -0.532. The lowest BCUT2D eigenvalue weighted by atomic mass is 10.2. The average molecular weight is 339 g/mol. The molecular weight excluding hydrogens is 327 g/mol. The molecule has 0 radical (unpaired) electrons. The number of aromatic nitrogens is 1. The van der Waals surface area contributed by atoms with Gasteiger partial charge in [-0.1, -0.05) is 29.3 Å². The first-order valence-corrected chi connectivity index (χ1v) is 7.45. The number of benzene rings is 1. The van der Waals surface area contributed by atoms with E-state index in [4.69, 9.17) is 27.9 Å². The molecule has 1 fully saturated rings. The molecule has 1 saturated carbocycles. The zero-order chi connectivity index (χ0) is 15.7. The van der Waals surface area contributed by atoms with Gasteiger partial charge in [0.15, 0.2) is 0 Å². The Morgan fingerprint density at radius 2 is 2.00 bits per heavy atom. The molecule has 0 aliphatic heterocycles. The van der Waals surface area contributed by atoms with E-state index in [2.05, 4.69) is 10.3 Å². The molecule has 7 heteroatoms. The van der Waals surface area contributed by atoms with Gasteiger partial charge in [0.05, 0.1) is 5.02 Å². The molecule has 0 atom stereocenters. The van der Waals surface area contributed by atoms with Crippen molar-refractivity contribution in [3.63, 3.8) is 0 Å². The Morgan fingerprint density at radius 1 is 1.23 bits per heavy atom. The monoisotopic (exact) mass is 338 g/mol. The fraction of sp³-hybridized carbons (Fsp3) is 0.200. The van der Waals surface area contributed by atoms with Crippen molar-refractivity contribution in [1.82, 2.24) is 10.3 Å². The third kappa shape index (κ3) is 3.43. The number of aromatic amines is 1. The van der Waals surface area contributed by atoms with Crippen LogP contribution in [0.15, 0.2) is 30.3 Å². The number of nitrogens with one attached hydrogen (secondary N) is 2. The Kier molecular flexibility index (Phi) is 4.09. The average Bonchev–Trinajstić information content (AvgIpc) is 3.24. The standard InChI is InChI=1S/C15H12Cl2N2O3/c16-11-7-12(19-13(11)17)15(21)22-10-3-1-2-8(6-10)14(20)18-9-4-5-9/h1-3,6-7,9,19H,4-5H2,(H,18,20). The van der Waals surface area contributed by atoms with Crippen LogP contribution in [0.25, 0.3) is 0 Å². The highest BCUT2D eigenvalue weighted by Crippen LogP contribution is 2.23. The third-order valence-corrected chi connectivity index (χ3v) is 3.86. The van der Waals surface area contributed by atoms with Gasteiger partial charge in [-0.25, -0.2) is 4.79 Å². The van der Waals surface area contributed by atoms with Crippen LogP contribution >= 0.6 is 23.2 Å². The van der Waals surface area contributed by atoms with E-state index in [1.807, 2.05) is 0 Å². The fourth-order valence-electron chi connectivity index (χ4n) is 1.87. The van der Waals surface area contributed by atoms with E-state index >= 15 is 0 Å². The maximum absolute atomic E-state index is 12.0. The molecule has 0 saturated heterocycles. The van der Waals surface area contributed by atoms with E-state index in [0.717, 1.165) is 12.8 Å². The number of H-pyrrole nitrogens is 1. The van der Waals surface area contributed by atoms with Crippen LogP contribution in [0.4, 0.5) is 0 Å². The topological polar surface area (TPSA) is 71.2 Å². The number of carbonyl (C=O) groups excluding carboxylic acids is 2. The zero-order valence-corrected chi connectivity index (χ0v) is 12.9. The normalized spacial score (nSPS) is 13.7. The van der Waals surface area contributed by atoms with Gasteiger partial charge in [0.25, 0.3) is 5.91 Å². The predicted molar refractivity (Wildman–Crippen MR) is 82.7 cm³/mol. The highest BCUT2D eigenvalue weighted by Gasteiger charge is 2.24. The SMILES string of the molecule is O=C(NC1CC1)c1cccc(OC(=O)c2cc(Cl)c(Cl)[nH]2)c1. The Hall–Kier alpha value is -1.98. The number of esters is 1. The summed E-state index contributed by atoms with van der Waals surface area (Å²) < 4.78 is 5.21. The van der Waals surface area contributed by atoms with Gasteiger partial charge >= 0.3 is 5.97 Å². The number of hydrogen-bond acceptors (Lipinski definition) is 3. The second-order valence-corrected chi connectivity index (χ2v) is 5.80. The maximum atomic E-state index is 12.0. The van der Waals surface area contributed by atoms with Crippen molar-refractivity contribution in [3.8, 4) is 5.75 Å². The van der Waals surface area contributed by atoms with Crippen molar-refractivity contribution in [2.24, 2.45) is 0 Å². The van der Waals surface area contributed by atoms with Crippen molar-refractivity contribution in [3.05, 3.63) is 51.8 Å². The molecule has 114 valence electrons. The molecule has 1 aliphatic carbocycles. The summed E-state index contributed by atoms with van der Waals surface area (Å²) in [5, 5.41) is 3.29. The Bertz CT molecular complexity index is 719. The lowest BCUT2D eigenvalue weighted by Crippen LogP contribution is -2.25. The van der Waals surface area contributed by atoms with Gasteiger partial charge in [-0.2, -0.15) is 0 Å². The molecule has 0 unspecified atom stereocenters. The zero-order valence-electron chi connectivity index (χ0n) is 11.4. The Balaban J connectivity index is 1.71. The molecule has 5 nitrogen and oxygen atoms in total. The lowest BCUT2D eigenvalue weighted by molar-refractivity contribution is 0.0728. The first-order chi connectivity index (χ1) is 10.5. The molecule has 0 bridgehead atoms. The lowest BCUT2D eigenvalue weighted by Gasteiger charge is -2.06. The van der Waals surface area contributed by atoms with Crippen LogP contribution in [0, 0.1) is 0 Å². The molecule has 0 spiro atoms. The van der Waals surface area contributed by atoms with Gasteiger partial charge in [-0.3, -0.25) is 4.79 Å². The summed E-state index contributed by atoms with van der Waals surface area (Å²) in [6.07, 6.45) is 2.02. The molecule has 1 aromatic carbocycles. The van der Waals surface area contributed by atoms with Gasteiger partial charge in [0.1, 0.15) is 16.6 Å². The quantitative estimate of drug-likeness (QED) is 0.662. The molecular formula is C15H12Cl2N2O3. The number of carbonyl (C=O) groups is 2. The fourth-order valence-corrected chi connectivity index (χ4v) is 2.19. The van der Waals surface area contributed by atoms with Gasteiger partial charge in [-0.15, -0.1) is 0 Å². The number of ether oxygens (including phenoxy) is 1. The highest BCUT2D eigenvalue weighted by molar-refractivity contribution is 6.41.